The first-order chi connectivity index (χ1) is 9.58. The number of nitrogens with zero attached hydrogens (tertiary/aromatic N) is 3. The normalized spacial score (nSPS) is 19.5. The van der Waals surface area contributed by atoms with Crippen LogP contribution < -0.4 is 5.32 Å². The minimum absolute atomic E-state index is 0.0413. The Kier molecular flexibility index (Phi) is 5.71. The van der Waals surface area contributed by atoms with E-state index in [9.17, 15) is 4.79 Å². The van der Waals surface area contributed by atoms with Crippen LogP contribution in [0.2, 0.25) is 0 Å². The van der Waals surface area contributed by atoms with Crippen LogP contribution in [0.25, 0.3) is 0 Å². The zero-order chi connectivity index (χ0) is 14.5. The van der Waals surface area contributed by atoms with Crippen LogP contribution in [-0.4, -0.2) is 66.9 Å². The lowest BCUT2D eigenvalue weighted by Crippen LogP contribution is -2.39. The number of hydrogen-bond donors (Lipinski definition) is 1. The number of halogens is 1. The van der Waals surface area contributed by atoms with Gasteiger partial charge in [0, 0.05) is 26.1 Å². The standard InChI is InChI=1S/C13H21BrN4O2/c1-17(2)4-5-18-13(11(14)9-16-18)12(19)7-10-8-15-3-6-20-10/h9-10,15H,3-8H2,1-2H3. The smallest absolute Gasteiger partial charge is 0.184 e. The van der Waals surface area contributed by atoms with Crippen molar-refractivity contribution < 1.29 is 9.53 Å². The summed E-state index contributed by atoms with van der Waals surface area (Å²) in [5.74, 6) is 0.0711. The predicted molar refractivity (Wildman–Crippen MR) is 80.0 cm³/mol. The molecule has 0 aromatic carbocycles. The summed E-state index contributed by atoms with van der Waals surface area (Å²) in [6.07, 6.45) is 2.03. The first-order valence-corrected chi connectivity index (χ1v) is 7.59. The van der Waals surface area contributed by atoms with Crippen molar-refractivity contribution in [3.8, 4) is 0 Å². The number of Topliss-reactive ketones (excluding diaryl/α,β-unsaturated/α-hetero) is 1. The van der Waals surface area contributed by atoms with Crippen LogP contribution in [0.5, 0.6) is 0 Å². The molecule has 112 valence electrons. The predicted octanol–water partition coefficient (Wildman–Crippen LogP) is 0.768. The minimum Gasteiger partial charge on any atom is -0.375 e. The summed E-state index contributed by atoms with van der Waals surface area (Å²) in [5, 5.41) is 7.50. The number of likely N-dealkylation sites (N-methyl/N-ethyl adjacent to an activating group) is 1. The number of aromatic nitrogens is 2. The summed E-state index contributed by atoms with van der Waals surface area (Å²) < 4.78 is 8.11. The maximum absolute atomic E-state index is 12.4. The highest BCUT2D eigenvalue weighted by Gasteiger charge is 2.23. The Balaban J connectivity index is 2.02. The van der Waals surface area contributed by atoms with Crippen LogP contribution in [0.15, 0.2) is 10.7 Å². The van der Waals surface area contributed by atoms with Gasteiger partial charge in [0.15, 0.2) is 5.78 Å². The second-order valence-electron chi connectivity index (χ2n) is 5.19. The van der Waals surface area contributed by atoms with Crippen LogP contribution in [0, 0.1) is 0 Å². The van der Waals surface area contributed by atoms with Crippen LogP contribution in [-0.2, 0) is 11.3 Å². The third-order valence-electron chi connectivity index (χ3n) is 3.24. The van der Waals surface area contributed by atoms with E-state index in [1.54, 1.807) is 10.9 Å². The first-order valence-electron chi connectivity index (χ1n) is 6.79. The van der Waals surface area contributed by atoms with Crippen molar-refractivity contribution in [1.82, 2.24) is 20.0 Å². The molecule has 1 fully saturated rings. The fourth-order valence-electron chi connectivity index (χ4n) is 2.16. The van der Waals surface area contributed by atoms with E-state index >= 15 is 0 Å². The van der Waals surface area contributed by atoms with Crippen molar-refractivity contribution in [2.45, 2.75) is 19.1 Å². The van der Waals surface area contributed by atoms with Crippen molar-refractivity contribution in [1.29, 1.82) is 0 Å². The molecule has 1 aliphatic rings. The molecule has 0 bridgehead atoms. The van der Waals surface area contributed by atoms with Gasteiger partial charge in [-0.3, -0.25) is 9.48 Å². The molecule has 1 aromatic rings. The molecule has 1 aliphatic heterocycles. The quantitative estimate of drug-likeness (QED) is 0.772. The Labute approximate surface area is 127 Å². The SMILES string of the molecule is CN(C)CCn1ncc(Br)c1C(=O)CC1CNCCO1. The Hall–Kier alpha value is -0.760. The van der Waals surface area contributed by atoms with Gasteiger partial charge >= 0.3 is 0 Å². The Morgan fingerprint density at radius 1 is 1.65 bits per heavy atom. The van der Waals surface area contributed by atoms with Gasteiger partial charge in [-0.25, -0.2) is 0 Å². The van der Waals surface area contributed by atoms with Gasteiger partial charge in [0.1, 0.15) is 5.69 Å². The summed E-state index contributed by atoms with van der Waals surface area (Å²) in [6.45, 7) is 3.79. The van der Waals surface area contributed by atoms with Gasteiger partial charge in [-0.15, -0.1) is 0 Å². The molecule has 6 nitrogen and oxygen atoms in total. The first kappa shape index (κ1) is 15.6. The van der Waals surface area contributed by atoms with Crippen LogP contribution >= 0.6 is 15.9 Å². The summed E-state index contributed by atoms with van der Waals surface area (Å²) in [7, 11) is 4.00. The van der Waals surface area contributed by atoms with Crippen LogP contribution in [0.4, 0.5) is 0 Å². The molecule has 1 unspecified atom stereocenters. The molecule has 20 heavy (non-hydrogen) atoms. The van der Waals surface area contributed by atoms with Crippen LogP contribution in [0.3, 0.4) is 0 Å². The number of nitrogens with one attached hydrogen (secondary N) is 1. The molecule has 1 aromatic heterocycles. The zero-order valence-corrected chi connectivity index (χ0v) is 13.5. The van der Waals surface area contributed by atoms with Gasteiger partial charge in [-0.05, 0) is 30.0 Å². The van der Waals surface area contributed by atoms with E-state index < -0.39 is 0 Å². The average Bonchev–Trinajstić information content (AvgIpc) is 2.78. The number of ether oxygens (including phenoxy) is 1. The lowest BCUT2D eigenvalue weighted by Gasteiger charge is -2.23. The topological polar surface area (TPSA) is 59.4 Å². The van der Waals surface area contributed by atoms with Gasteiger partial charge in [-0.1, -0.05) is 0 Å². The third-order valence-corrected chi connectivity index (χ3v) is 3.82. The molecule has 1 N–H and O–H groups in total. The van der Waals surface area contributed by atoms with E-state index in [-0.39, 0.29) is 11.9 Å². The second kappa shape index (κ2) is 7.31. The largest absolute Gasteiger partial charge is 0.375 e. The number of morpholine rings is 1. The minimum atomic E-state index is -0.0413. The maximum atomic E-state index is 12.4. The number of rotatable bonds is 6. The molecular weight excluding hydrogens is 324 g/mol. The van der Waals surface area contributed by atoms with Crippen molar-refractivity contribution in [2.24, 2.45) is 0 Å². The molecule has 1 atom stereocenters. The lowest BCUT2D eigenvalue weighted by molar-refractivity contribution is 0.0237. The van der Waals surface area contributed by atoms with E-state index in [1.165, 1.54) is 0 Å². The average molecular weight is 345 g/mol. The number of ketones is 1. The number of hydrogen-bond acceptors (Lipinski definition) is 5. The van der Waals surface area contributed by atoms with Crippen LogP contribution in [0.1, 0.15) is 16.9 Å². The van der Waals surface area contributed by atoms with E-state index in [1.807, 2.05) is 14.1 Å². The van der Waals surface area contributed by atoms with Gasteiger partial charge in [-0.2, -0.15) is 5.10 Å². The molecule has 0 radical (unpaired) electrons. The molecule has 1 saturated heterocycles. The second-order valence-corrected chi connectivity index (χ2v) is 6.05. The van der Waals surface area contributed by atoms with Crippen molar-refractivity contribution in [3.05, 3.63) is 16.4 Å². The zero-order valence-electron chi connectivity index (χ0n) is 11.9. The van der Waals surface area contributed by atoms with Gasteiger partial charge in [0.05, 0.1) is 29.9 Å². The summed E-state index contributed by atoms with van der Waals surface area (Å²) in [4.78, 5) is 14.5. The summed E-state index contributed by atoms with van der Waals surface area (Å²) >= 11 is 3.42. The molecule has 0 saturated carbocycles. The highest BCUT2D eigenvalue weighted by Crippen LogP contribution is 2.19. The number of carbonyl (C=O) groups is 1. The summed E-state index contributed by atoms with van der Waals surface area (Å²) in [5.41, 5.74) is 0.640. The van der Waals surface area contributed by atoms with E-state index in [4.69, 9.17) is 4.74 Å². The van der Waals surface area contributed by atoms with Gasteiger partial charge < -0.3 is 15.0 Å². The lowest BCUT2D eigenvalue weighted by atomic mass is 10.1. The van der Waals surface area contributed by atoms with E-state index in [0.29, 0.717) is 25.3 Å². The maximum Gasteiger partial charge on any atom is 0.184 e. The van der Waals surface area contributed by atoms with Gasteiger partial charge in [0.25, 0.3) is 0 Å². The third kappa shape index (κ3) is 4.12. The van der Waals surface area contributed by atoms with E-state index in [2.05, 4.69) is 31.2 Å². The van der Waals surface area contributed by atoms with Crippen molar-refractivity contribution >= 4 is 21.7 Å². The molecule has 2 rings (SSSR count). The van der Waals surface area contributed by atoms with Crippen molar-refractivity contribution in [3.63, 3.8) is 0 Å². The molecule has 0 aliphatic carbocycles. The highest BCUT2D eigenvalue weighted by atomic mass is 79.9. The Bertz CT molecular complexity index is 455. The highest BCUT2D eigenvalue weighted by molar-refractivity contribution is 9.10. The monoisotopic (exact) mass is 344 g/mol. The molecule has 2 heterocycles. The number of carbonyl (C=O) groups excluding carboxylic acids is 1. The molecular formula is C13H21BrN4O2. The van der Waals surface area contributed by atoms with Gasteiger partial charge in [0.2, 0.25) is 0 Å². The Morgan fingerprint density at radius 3 is 3.10 bits per heavy atom. The fourth-order valence-corrected chi connectivity index (χ4v) is 2.68. The molecule has 0 amide bonds. The summed E-state index contributed by atoms with van der Waals surface area (Å²) in [6, 6.07) is 0. The molecule has 7 heteroatoms. The fraction of sp³-hybridized carbons (Fsp3) is 0.692. The Morgan fingerprint density at radius 2 is 2.45 bits per heavy atom. The van der Waals surface area contributed by atoms with Crippen molar-refractivity contribution in [2.75, 3.05) is 40.3 Å². The van der Waals surface area contributed by atoms with E-state index in [0.717, 1.165) is 24.1 Å². The molecule has 0 spiro atoms.